The highest BCUT2D eigenvalue weighted by molar-refractivity contribution is 7.00. The van der Waals surface area contributed by atoms with Crippen LogP contribution in [0.4, 0.5) is 0 Å². The standard InChI is InChI=1S/C58H73NO4Si2/c1-43(34-39-55(60)59(10)61-11)52-37-38-53-45(25-24-40-58(52,53)9)35-36-46-41-47(62-64(56(3,4)5,48-26-16-12-17-27-48)49-28-18-13-19-29-49)42-54(44(46)2)63-65(57(6,7)8,50-30-20-14-21-31-50)51-32-22-15-23-33-51/h12-23,26-36,39,47,52-54H,1-2,24-25,37-38,40-42H2,3-11H3/b39-34+,45-35+,46-36-/t47-,52-,53+,54+,58-/m1/s1. The van der Waals surface area contributed by atoms with Gasteiger partial charge in [-0.2, -0.15) is 0 Å². The topological polar surface area (TPSA) is 48.0 Å². The van der Waals surface area contributed by atoms with E-state index in [0.29, 0.717) is 18.3 Å². The molecular formula is C58H73NO4Si2. The summed E-state index contributed by atoms with van der Waals surface area (Å²) in [6, 6.07) is 44.0. The second kappa shape index (κ2) is 19.7. The van der Waals surface area contributed by atoms with Gasteiger partial charge >= 0.3 is 0 Å². The zero-order valence-electron chi connectivity index (χ0n) is 40.6. The van der Waals surface area contributed by atoms with Gasteiger partial charge in [0.15, 0.2) is 0 Å². The molecule has 4 aromatic carbocycles. The van der Waals surface area contributed by atoms with Crippen molar-refractivity contribution in [3.8, 4) is 0 Å². The number of allylic oxidation sites excluding steroid dienone is 5. The molecule has 7 heteroatoms. The lowest BCUT2D eigenvalue weighted by Crippen LogP contribution is -2.69. The van der Waals surface area contributed by atoms with Crippen molar-refractivity contribution in [1.82, 2.24) is 5.06 Å². The number of carbonyl (C=O) groups excluding carboxylic acids is 1. The fraction of sp³-hybridized carbons (Fsp3) is 0.397. The molecule has 0 radical (unpaired) electrons. The van der Waals surface area contributed by atoms with E-state index < -0.39 is 16.6 Å². The molecule has 65 heavy (non-hydrogen) atoms. The molecule has 1 amide bonds. The smallest absolute Gasteiger partial charge is 0.269 e. The van der Waals surface area contributed by atoms with Crippen LogP contribution in [0.15, 0.2) is 181 Å². The SMILES string of the molecule is C=C1/C(=C\C=C2/CCC[C@]3(C)[C@@H](C(=C)/C=C/C(=O)N(C)OC)CC[C@@H]23)C[C@@H](O[Si](c2ccccc2)(c2ccccc2)C(C)(C)C)C[C@@H]1O[Si](c1ccccc1)(c1ccccc1)C(C)(C)C. The van der Waals surface area contributed by atoms with Crippen molar-refractivity contribution in [2.45, 2.75) is 116 Å². The average molecular weight is 904 g/mol. The average Bonchev–Trinajstić information content (AvgIpc) is 3.67. The summed E-state index contributed by atoms with van der Waals surface area (Å²) in [7, 11) is -2.77. The monoisotopic (exact) mass is 904 g/mol. The predicted molar refractivity (Wildman–Crippen MR) is 276 cm³/mol. The van der Waals surface area contributed by atoms with Gasteiger partial charge in [0.05, 0.1) is 19.3 Å². The molecule has 3 saturated carbocycles. The van der Waals surface area contributed by atoms with Crippen LogP contribution >= 0.6 is 0 Å². The summed E-state index contributed by atoms with van der Waals surface area (Å²) < 4.78 is 16.1. The van der Waals surface area contributed by atoms with Crippen LogP contribution < -0.4 is 20.7 Å². The minimum absolute atomic E-state index is 0.0631. The molecular weight excluding hydrogens is 831 g/mol. The third kappa shape index (κ3) is 9.50. The van der Waals surface area contributed by atoms with Crippen molar-refractivity contribution in [3.63, 3.8) is 0 Å². The minimum Gasteiger partial charge on any atom is -0.404 e. The fourth-order valence-corrected chi connectivity index (χ4v) is 21.2. The van der Waals surface area contributed by atoms with Crippen molar-refractivity contribution in [2.24, 2.45) is 17.3 Å². The summed E-state index contributed by atoms with van der Waals surface area (Å²) in [5.74, 6) is 0.552. The number of benzene rings is 4. The first-order chi connectivity index (χ1) is 31.0. The zero-order valence-corrected chi connectivity index (χ0v) is 42.6. The van der Waals surface area contributed by atoms with Crippen LogP contribution in [0, 0.1) is 17.3 Å². The Morgan fingerprint density at radius 3 is 1.66 bits per heavy atom. The highest BCUT2D eigenvalue weighted by Crippen LogP contribution is 2.59. The van der Waals surface area contributed by atoms with Gasteiger partial charge in [0, 0.05) is 19.5 Å². The van der Waals surface area contributed by atoms with Crippen LogP contribution in [0.1, 0.15) is 93.4 Å². The summed E-state index contributed by atoms with van der Waals surface area (Å²) in [5, 5.41) is 5.95. The van der Waals surface area contributed by atoms with Gasteiger partial charge in [-0.15, -0.1) is 0 Å². The molecule has 0 heterocycles. The number of rotatable bonds is 13. The van der Waals surface area contributed by atoms with Gasteiger partial charge in [-0.05, 0) is 97.7 Å². The van der Waals surface area contributed by atoms with Gasteiger partial charge in [0.2, 0.25) is 0 Å². The number of hydroxylamine groups is 2. The number of likely N-dealkylation sites (N-methyl/N-ethyl adjacent to an activating group) is 1. The number of hydrogen-bond donors (Lipinski definition) is 0. The van der Waals surface area contributed by atoms with Gasteiger partial charge in [0.25, 0.3) is 22.5 Å². The maximum Gasteiger partial charge on any atom is 0.269 e. The van der Waals surface area contributed by atoms with Gasteiger partial charge in [-0.25, -0.2) is 5.06 Å². The number of carbonyl (C=O) groups is 1. The van der Waals surface area contributed by atoms with Crippen LogP contribution in [0.3, 0.4) is 0 Å². The van der Waals surface area contributed by atoms with E-state index in [9.17, 15) is 4.79 Å². The molecule has 3 fully saturated rings. The molecule has 0 unspecified atom stereocenters. The number of fused-ring (bicyclic) bond motifs is 1. The second-order valence-electron chi connectivity index (χ2n) is 21.0. The third-order valence-corrected chi connectivity index (χ3v) is 25.3. The summed E-state index contributed by atoms with van der Waals surface area (Å²) in [6.07, 6.45) is 14.9. The Morgan fingerprint density at radius 1 is 0.723 bits per heavy atom. The first-order valence-corrected chi connectivity index (χ1v) is 27.6. The lowest BCUT2D eigenvalue weighted by Gasteiger charge is -2.49. The molecule has 4 aromatic rings. The summed E-state index contributed by atoms with van der Waals surface area (Å²) in [6.45, 7) is 26.1. The lowest BCUT2D eigenvalue weighted by atomic mass is 9.62. The third-order valence-electron chi connectivity index (χ3n) is 15.2. The number of amides is 1. The Kier molecular flexibility index (Phi) is 14.6. The molecule has 0 aromatic heterocycles. The van der Waals surface area contributed by atoms with E-state index in [-0.39, 0.29) is 33.6 Å². The van der Waals surface area contributed by atoms with E-state index in [1.165, 1.54) is 44.1 Å². The van der Waals surface area contributed by atoms with E-state index >= 15 is 0 Å². The quantitative estimate of drug-likeness (QED) is 0.0580. The van der Waals surface area contributed by atoms with Crippen molar-refractivity contribution >= 4 is 43.3 Å². The van der Waals surface area contributed by atoms with E-state index in [1.54, 1.807) is 13.1 Å². The Hall–Kier alpha value is -4.64. The molecule has 3 aliphatic carbocycles. The molecule has 0 spiro atoms. The van der Waals surface area contributed by atoms with E-state index in [4.69, 9.17) is 20.3 Å². The molecule has 3 aliphatic rings. The van der Waals surface area contributed by atoms with Crippen molar-refractivity contribution in [2.75, 3.05) is 14.2 Å². The zero-order chi connectivity index (χ0) is 46.6. The Bertz CT molecular complexity index is 2300. The maximum atomic E-state index is 12.6. The molecule has 5 atom stereocenters. The minimum atomic E-state index is -2.98. The highest BCUT2D eigenvalue weighted by atomic mass is 28.4. The van der Waals surface area contributed by atoms with E-state index in [0.717, 1.165) is 49.7 Å². The number of nitrogens with zero attached hydrogens (tertiary/aromatic N) is 1. The highest BCUT2D eigenvalue weighted by Gasteiger charge is 2.55. The number of hydrogen-bond acceptors (Lipinski definition) is 4. The molecule has 0 N–H and O–H groups in total. The predicted octanol–water partition coefficient (Wildman–Crippen LogP) is 11.4. The lowest BCUT2D eigenvalue weighted by molar-refractivity contribution is -0.162. The molecule has 0 bridgehead atoms. The van der Waals surface area contributed by atoms with Crippen LogP contribution in [0.2, 0.25) is 10.1 Å². The van der Waals surface area contributed by atoms with Gasteiger partial charge in [-0.3, -0.25) is 9.63 Å². The van der Waals surface area contributed by atoms with Crippen molar-refractivity contribution < 1.29 is 18.5 Å². The first-order valence-electron chi connectivity index (χ1n) is 23.8. The van der Waals surface area contributed by atoms with Crippen LogP contribution in [-0.4, -0.2) is 54.0 Å². The Labute approximate surface area is 393 Å². The fourth-order valence-electron chi connectivity index (χ4n) is 11.8. The van der Waals surface area contributed by atoms with Gasteiger partial charge in [-0.1, -0.05) is 212 Å². The second-order valence-corrected chi connectivity index (χ2v) is 29.5. The Balaban J connectivity index is 1.32. The summed E-state index contributed by atoms with van der Waals surface area (Å²) in [4.78, 5) is 17.7. The van der Waals surface area contributed by atoms with Gasteiger partial charge in [0.1, 0.15) is 0 Å². The molecule has 342 valence electrons. The van der Waals surface area contributed by atoms with Crippen LogP contribution in [0.25, 0.3) is 0 Å². The molecule has 0 aliphatic heterocycles. The first kappa shape index (κ1) is 48.3. The van der Waals surface area contributed by atoms with E-state index in [2.05, 4.69) is 189 Å². The Morgan fingerprint density at radius 2 is 1.20 bits per heavy atom. The van der Waals surface area contributed by atoms with Gasteiger partial charge < -0.3 is 8.85 Å². The molecule has 0 saturated heterocycles. The summed E-state index contributed by atoms with van der Waals surface area (Å²) >= 11 is 0. The van der Waals surface area contributed by atoms with Crippen LogP contribution in [-0.2, 0) is 18.5 Å². The van der Waals surface area contributed by atoms with Crippen molar-refractivity contribution in [1.29, 1.82) is 0 Å². The van der Waals surface area contributed by atoms with Crippen LogP contribution in [0.5, 0.6) is 0 Å². The largest absolute Gasteiger partial charge is 0.404 e. The molecule has 5 nitrogen and oxygen atoms in total. The van der Waals surface area contributed by atoms with Crippen molar-refractivity contribution in [3.05, 3.63) is 181 Å². The summed E-state index contributed by atoms with van der Waals surface area (Å²) in [5.41, 5.74) is 4.87. The normalized spacial score (nSPS) is 24.4. The maximum absolute atomic E-state index is 12.6. The van der Waals surface area contributed by atoms with E-state index in [1.807, 2.05) is 6.08 Å². The molecule has 7 rings (SSSR count).